The maximum atomic E-state index is 12.7. The van der Waals surface area contributed by atoms with Crippen molar-refractivity contribution in [3.8, 4) is 0 Å². The van der Waals surface area contributed by atoms with E-state index in [4.69, 9.17) is 4.74 Å². The minimum atomic E-state index is 0.0783. The fraction of sp³-hybridized carbons (Fsp3) is 0.600. The SMILES string of the molecule is CC1CN(C(=O)CN2CCCN(C(=O)c3ccccc3)CC2)CC(C)O1. The van der Waals surface area contributed by atoms with Crippen LogP contribution in [0.2, 0.25) is 0 Å². The third-order valence-electron chi connectivity index (χ3n) is 5.03. The summed E-state index contributed by atoms with van der Waals surface area (Å²) in [6.07, 6.45) is 1.07. The molecule has 3 rings (SSSR count). The number of rotatable bonds is 3. The summed E-state index contributed by atoms with van der Waals surface area (Å²) in [5.74, 6) is 0.240. The lowest BCUT2D eigenvalue weighted by molar-refractivity contribution is -0.144. The minimum absolute atomic E-state index is 0.0783. The van der Waals surface area contributed by atoms with Crippen molar-refractivity contribution in [3.05, 3.63) is 35.9 Å². The van der Waals surface area contributed by atoms with Gasteiger partial charge in [0.15, 0.2) is 0 Å². The highest BCUT2D eigenvalue weighted by molar-refractivity contribution is 5.94. The summed E-state index contributed by atoms with van der Waals surface area (Å²) >= 11 is 0. The molecule has 0 bridgehead atoms. The number of ether oxygens (including phenoxy) is 1. The number of carbonyl (C=O) groups excluding carboxylic acids is 2. The van der Waals surface area contributed by atoms with Crippen LogP contribution in [0.25, 0.3) is 0 Å². The highest BCUT2D eigenvalue weighted by Gasteiger charge is 2.28. The van der Waals surface area contributed by atoms with E-state index in [9.17, 15) is 9.59 Å². The molecule has 2 saturated heterocycles. The van der Waals surface area contributed by atoms with Crippen LogP contribution in [0.5, 0.6) is 0 Å². The predicted octanol–water partition coefficient (Wildman–Crippen LogP) is 1.47. The Morgan fingerprint density at radius 2 is 1.65 bits per heavy atom. The number of nitrogens with zero attached hydrogens (tertiary/aromatic N) is 3. The van der Waals surface area contributed by atoms with Crippen LogP contribution in [0.15, 0.2) is 30.3 Å². The second kappa shape index (κ2) is 8.64. The lowest BCUT2D eigenvalue weighted by Crippen LogP contribution is -2.51. The molecule has 0 N–H and O–H groups in total. The third kappa shape index (κ3) is 4.83. The number of benzene rings is 1. The molecule has 6 heteroatoms. The Morgan fingerprint density at radius 1 is 0.962 bits per heavy atom. The Hall–Kier alpha value is -1.92. The molecular weight excluding hydrogens is 330 g/mol. The van der Waals surface area contributed by atoms with Crippen molar-refractivity contribution in [2.24, 2.45) is 0 Å². The third-order valence-corrected chi connectivity index (χ3v) is 5.03. The van der Waals surface area contributed by atoms with Crippen LogP contribution in [0.3, 0.4) is 0 Å². The molecule has 1 aromatic carbocycles. The summed E-state index contributed by atoms with van der Waals surface area (Å²) in [6.45, 7) is 8.75. The summed E-state index contributed by atoms with van der Waals surface area (Å²) in [4.78, 5) is 31.3. The van der Waals surface area contributed by atoms with Crippen molar-refractivity contribution in [2.75, 3.05) is 45.8 Å². The normalized spacial score (nSPS) is 25.0. The van der Waals surface area contributed by atoms with Gasteiger partial charge in [-0.05, 0) is 32.4 Å². The summed E-state index contributed by atoms with van der Waals surface area (Å²) < 4.78 is 5.71. The van der Waals surface area contributed by atoms with Crippen LogP contribution in [0.1, 0.15) is 30.6 Å². The molecule has 6 nitrogen and oxygen atoms in total. The van der Waals surface area contributed by atoms with Crippen LogP contribution >= 0.6 is 0 Å². The summed E-state index contributed by atoms with van der Waals surface area (Å²) in [5.41, 5.74) is 0.730. The van der Waals surface area contributed by atoms with Gasteiger partial charge in [-0.15, -0.1) is 0 Å². The molecule has 0 aliphatic carbocycles. The van der Waals surface area contributed by atoms with E-state index in [0.29, 0.717) is 26.2 Å². The molecule has 2 amide bonds. The average molecular weight is 359 g/mol. The highest BCUT2D eigenvalue weighted by Crippen LogP contribution is 2.13. The van der Waals surface area contributed by atoms with Crippen molar-refractivity contribution in [1.29, 1.82) is 0 Å². The molecule has 0 spiro atoms. The van der Waals surface area contributed by atoms with Gasteiger partial charge in [0, 0.05) is 44.8 Å². The quantitative estimate of drug-likeness (QED) is 0.820. The first-order chi connectivity index (χ1) is 12.5. The van der Waals surface area contributed by atoms with Gasteiger partial charge in [-0.2, -0.15) is 0 Å². The van der Waals surface area contributed by atoms with Crippen molar-refractivity contribution in [2.45, 2.75) is 32.5 Å². The molecule has 2 unspecified atom stereocenters. The zero-order chi connectivity index (χ0) is 18.5. The molecule has 142 valence electrons. The summed E-state index contributed by atoms with van der Waals surface area (Å²) in [5, 5.41) is 0. The molecule has 26 heavy (non-hydrogen) atoms. The fourth-order valence-corrected chi connectivity index (χ4v) is 3.77. The van der Waals surface area contributed by atoms with Crippen molar-refractivity contribution < 1.29 is 14.3 Å². The summed E-state index contributed by atoms with van der Waals surface area (Å²) in [7, 11) is 0. The van der Waals surface area contributed by atoms with E-state index in [-0.39, 0.29) is 24.0 Å². The minimum Gasteiger partial charge on any atom is -0.372 e. The molecule has 2 heterocycles. The van der Waals surface area contributed by atoms with E-state index >= 15 is 0 Å². The summed E-state index contributed by atoms with van der Waals surface area (Å²) in [6, 6.07) is 9.41. The monoisotopic (exact) mass is 359 g/mol. The molecule has 2 aliphatic rings. The van der Waals surface area contributed by atoms with E-state index in [1.165, 1.54) is 0 Å². The van der Waals surface area contributed by atoms with Crippen molar-refractivity contribution >= 4 is 11.8 Å². The first kappa shape index (κ1) is 18.9. The van der Waals surface area contributed by atoms with Gasteiger partial charge in [0.25, 0.3) is 5.91 Å². The number of morpholine rings is 1. The fourth-order valence-electron chi connectivity index (χ4n) is 3.77. The van der Waals surface area contributed by atoms with Crippen molar-refractivity contribution in [3.63, 3.8) is 0 Å². The van der Waals surface area contributed by atoms with Gasteiger partial charge in [-0.3, -0.25) is 14.5 Å². The second-order valence-corrected chi connectivity index (χ2v) is 7.34. The van der Waals surface area contributed by atoms with Crippen LogP contribution in [-0.2, 0) is 9.53 Å². The van der Waals surface area contributed by atoms with E-state index in [0.717, 1.165) is 31.6 Å². The van der Waals surface area contributed by atoms with Crippen LogP contribution < -0.4 is 0 Å². The molecule has 0 aromatic heterocycles. The number of hydrogen-bond donors (Lipinski definition) is 0. The van der Waals surface area contributed by atoms with Gasteiger partial charge < -0.3 is 14.5 Å². The topological polar surface area (TPSA) is 53.1 Å². The van der Waals surface area contributed by atoms with Gasteiger partial charge in [-0.1, -0.05) is 18.2 Å². The van der Waals surface area contributed by atoms with Crippen LogP contribution in [0, 0.1) is 0 Å². The molecule has 2 atom stereocenters. The maximum absolute atomic E-state index is 12.7. The number of hydrogen-bond acceptors (Lipinski definition) is 4. The lowest BCUT2D eigenvalue weighted by Gasteiger charge is -2.36. The van der Waals surface area contributed by atoms with Crippen LogP contribution in [-0.4, -0.2) is 84.5 Å². The Morgan fingerprint density at radius 3 is 2.35 bits per heavy atom. The molecule has 2 aliphatic heterocycles. The molecule has 0 saturated carbocycles. The zero-order valence-corrected chi connectivity index (χ0v) is 15.8. The van der Waals surface area contributed by atoms with Crippen LogP contribution in [0.4, 0.5) is 0 Å². The van der Waals surface area contributed by atoms with E-state index < -0.39 is 0 Å². The Labute approximate surface area is 155 Å². The maximum Gasteiger partial charge on any atom is 0.253 e. The van der Waals surface area contributed by atoms with E-state index in [2.05, 4.69) is 4.90 Å². The zero-order valence-electron chi connectivity index (χ0n) is 15.8. The molecule has 2 fully saturated rings. The molecule has 0 radical (unpaired) electrons. The predicted molar refractivity (Wildman–Crippen MR) is 100.0 cm³/mol. The smallest absolute Gasteiger partial charge is 0.253 e. The van der Waals surface area contributed by atoms with Crippen molar-refractivity contribution in [1.82, 2.24) is 14.7 Å². The van der Waals surface area contributed by atoms with Gasteiger partial charge >= 0.3 is 0 Å². The second-order valence-electron chi connectivity index (χ2n) is 7.34. The Balaban J connectivity index is 1.52. The number of carbonyl (C=O) groups is 2. The van der Waals surface area contributed by atoms with Gasteiger partial charge in [0.05, 0.1) is 18.8 Å². The Bertz CT molecular complexity index is 612. The Kier molecular flexibility index (Phi) is 6.27. The van der Waals surface area contributed by atoms with Gasteiger partial charge in [-0.25, -0.2) is 0 Å². The first-order valence-corrected chi connectivity index (χ1v) is 9.53. The average Bonchev–Trinajstić information content (AvgIpc) is 2.86. The van der Waals surface area contributed by atoms with E-state index in [1.54, 1.807) is 0 Å². The molecular formula is C20H29N3O3. The number of amides is 2. The van der Waals surface area contributed by atoms with Gasteiger partial charge in [0.1, 0.15) is 0 Å². The lowest BCUT2D eigenvalue weighted by atomic mass is 10.2. The first-order valence-electron chi connectivity index (χ1n) is 9.53. The largest absolute Gasteiger partial charge is 0.372 e. The van der Waals surface area contributed by atoms with E-state index in [1.807, 2.05) is 54.0 Å². The molecule has 1 aromatic rings. The van der Waals surface area contributed by atoms with Gasteiger partial charge in [0.2, 0.25) is 5.91 Å². The standard InChI is InChI=1S/C20H29N3O3/c1-16-13-23(14-17(2)26-16)19(24)15-21-9-6-10-22(12-11-21)20(25)18-7-4-3-5-8-18/h3-5,7-8,16-17H,6,9-15H2,1-2H3. The highest BCUT2D eigenvalue weighted by atomic mass is 16.5.